The number of benzene rings is 1. The molecule has 0 amide bonds. The Balaban J connectivity index is 1.57. The second-order valence-corrected chi connectivity index (χ2v) is 6.01. The van der Waals surface area contributed by atoms with Crippen molar-refractivity contribution in [2.24, 2.45) is 5.92 Å². The molecule has 0 radical (unpaired) electrons. The Kier molecular flexibility index (Phi) is 3.65. The van der Waals surface area contributed by atoms with E-state index in [0.717, 1.165) is 25.3 Å². The normalized spacial score (nSPS) is 22.6. The smallest absolute Gasteiger partial charge is 0.124 e. The van der Waals surface area contributed by atoms with Gasteiger partial charge in [0.2, 0.25) is 0 Å². The standard InChI is InChI=1S/C16H24N2O/c1-12(2)18-9-7-13(10-18)11-19-16-5-3-4-15-14(16)6-8-17-15/h3-5,12-13,17H,6-11H2,1-2H3. The van der Waals surface area contributed by atoms with Gasteiger partial charge in [0.15, 0.2) is 0 Å². The van der Waals surface area contributed by atoms with Crippen LogP contribution in [0.25, 0.3) is 0 Å². The van der Waals surface area contributed by atoms with Gasteiger partial charge in [-0.3, -0.25) is 0 Å². The summed E-state index contributed by atoms with van der Waals surface area (Å²) < 4.78 is 6.09. The second-order valence-electron chi connectivity index (χ2n) is 6.01. The Labute approximate surface area is 115 Å². The predicted octanol–water partition coefficient (Wildman–Crippen LogP) is 2.76. The fraction of sp³-hybridized carbons (Fsp3) is 0.625. The van der Waals surface area contributed by atoms with E-state index in [1.165, 1.54) is 30.8 Å². The van der Waals surface area contributed by atoms with E-state index in [1.807, 2.05) is 0 Å². The summed E-state index contributed by atoms with van der Waals surface area (Å²) in [7, 11) is 0. The molecule has 1 atom stereocenters. The topological polar surface area (TPSA) is 24.5 Å². The molecule has 2 heterocycles. The van der Waals surface area contributed by atoms with Gasteiger partial charge in [-0.25, -0.2) is 0 Å². The minimum Gasteiger partial charge on any atom is -0.493 e. The first-order chi connectivity index (χ1) is 9.24. The van der Waals surface area contributed by atoms with Crippen molar-refractivity contribution in [3.8, 4) is 5.75 Å². The number of likely N-dealkylation sites (tertiary alicyclic amines) is 1. The van der Waals surface area contributed by atoms with Gasteiger partial charge in [-0.15, -0.1) is 0 Å². The van der Waals surface area contributed by atoms with Gasteiger partial charge >= 0.3 is 0 Å². The Bertz CT molecular complexity index is 444. The van der Waals surface area contributed by atoms with Crippen molar-refractivity contribution in [2.75, 3.05) is 31.6 Å². The average Bonchev–Trinajstić information content (AvgIpc) is 3.05. The lowest BCUT2D eigenvalue weighted by Crippen LogP contribution is -2.29. The van der Waals surface area contributed by atoms with E-state index in [2.05, 4.69) is 42.3 Å². The van der Waals surface area contributed by atoms with Gasteiger partial charge < -0.3 is 15.0 Å². The molecular formula is C16H24N2O. The molecule has 0 saturated carbocycles. The molecule has 0 bridgehead atoms. The van der Waals surface area contributed by atoms with Crippen LogP contribution in [0.5, 0.6) is 5.75 Å². The van der Waals surface area contributed by atoms with Crippen LogP contribution in [0.4, 0.5) is 5.69 Å². The van der Waals surface area contributed by atoms with Crippen LogP contribution in [-0.2, 0) is 6.42 Å². The molecule has 2 aliphatic rings. The Morgan fingerprint density at radius 3 is 3.11 bits per heavy atom. The predicted molar refractivity (Wildman–Crippen MR) is 78.9 cm³/mol. The zero-order valence-corrected chi connectivity index (χ0v) is 12.0. The molecule has 1 aromatic rings. The summed E-state index contributed by atoms with van der Waals surface area (Å²) in [5.74, 6) is 1.78. The zero-order valence-electron chi connectivity index (χ0n) is 12.0. The van der Waals surface area contributed by atoms with Crippen molar-refractivity contribution < 1.29 is 4.74 Å². The summed E-state index contributed by atoms with van der Waals surface area (Å²) in [5, 5.41) is 3.40. The third-order valence-electron chi connectivity index (χ3n) is 4.35. The minimum atomic E-state index is 0.662. The van der Waals surface area contributed by atoms with Gasteiger partial charge in [-0.1, -0.05) is 6.07 Å². The highest BCUT2D eigenvalue weighted by Gasteiger charge is 2.25. The number of nitrogens with zero attached hydrogens (tertiary/aromatic N) is 1. The third-order valence-corrected chi connectivity index (χ3v) is 4.35. The molecule has 1 fully saturated rings. The lowest BCUT2D eigenvalue weighted by Gasteiger charge is -2.20. The maximum atomic E-state index is 6.09. The number of nitrogens with one attached hydrogen (secondary N) is 1. The fourth-order valence-electron chi connectivity index (χ4n) is 3.12. The highest BCUT2D eigenvalue weighted by molar-refractivity contribution is 5.61. The summed E-state index contributed by atoms with van der Waals surface area (Å²) in [4.78, 5) is 2.55. The van der Waals surface area contributed by atoms with Crippen LogP contribution >= 0.6 is 0 Å². The van der Waals surface area contributed by atoms with Crippen LogP contribution in [-0.4, -0.2) is 37.2 Å². The molecule has 3 nitrogen and oxygen atoms in total. The van der Waals surface area contributed by atoms with Crippen molar-refractivity contribution in [3.05, 3.63) is 23.8 Å². The van der Waals surface area contributed by atoms with Crippen molar-refractivity contribution >= 4 is 5.69 Å². The van der Waals surface area contributed by atoms with Crippen molar-refractivity contribution in [1.82, 2.24) is 4.90 Å². The lowest BCUT2D eigenvalue weighted by molar-refractivity contribution is 0.222. The van der Waals surface area contributed by atoms with Gasteiger partial charge in [0.25, 0.3) is 0 Å². The third kappa shape index (κ3) is 2.71. The second kappa shape index (κ2) is 5.41. The quantitative estimate of drug-likeness (QED) is 0.901. The van der Waals surface area contributed by atoms with E-state index >= 15 is 0 Å². The first kappa shape index (κ1) is 12.8. The number of rotatable bonds is 4. The van der Waals surface area contributed by atoms with Gasteiger partial charge in [0.05, 0.1) is 6.61 Å². The molecule has 0 aromatic heterocycles. The van der Waals surface area contributed by atoms with Crippen LogP contribution in [0.2, 0.25) is 0 Å². The molecule has 0 aliphatic carbocycles. The minimum absolute atomic E-state index is 0.662. The van der Waals surface area contributed by atoms with Gasteiger partial charge in [-0.05, 0) is 45.4 Å². The SMILES string of the molecule is CC(C)N1CCC(COc2cccc3c2CCN3)C1. The van der Waals surface area contributed by atoms with E-state index in [4.69, 9.17) is 4.74 Å². The van der Waals surface area contributed by atoms with Gasteiger partial charge in [-0.2, -0.15) is 0 Å². The first-order valence-electron chi connectivity index (χ1n) is 7.46. The highest BCUT2D eigenvalue weighted by Crippen LogP contribution is 2.31. The summed E-state index contributed by atoms with van der Waals surface area (Å²) >= 11 is 0. The number of fused-ring (bicyclic) bond motifs is 1. The molecule has 1 unspecified atom stereocenters. The van der Waals surface area contributed by atoms with Crippen LogP contribution in [0.3, 0.4) is 0 Å². The van der Waals surface area contributed by atoms with Crippen molar-refractivity contribution in [1.29, 1.82) is 0 Å². The van der Waals surface area contributed by atoms with E-state index in [0.29, 0.717) is 12.0 Å². The van der Waals surface area contributed by atoms with Crippen molar-refractivity contribution in [3.63, 3.8) is 0 Å². The molecule has 19 heavy (non-hydrogen) atoms. The maximum Gasteiger partial charge on any atom is 0.124 e. The fourth-order valence-corrected chi connectivity index (χ4v) is 3.12. The van der Waals surface area contributed by atoms with E-state index in [-0.39, 0.29) is 0 Å². The van der Waals surface area contributed by atoms with Gasteiger partial charge in [0.1, 0.15) is 5.75 Å². The van der Waals surface area contributed by atoms with Crippen LogP contribution in [0, 0.1) is 5.92 Å². The molecule has 104 valence electrons. The summed E-state index contributed by atoms with van der Waals surface area (Å²) in [6.07, 6.45) is 2.36. The summed E-state index contributed by atoms with van der Waals surface area (Å²) in [5.41, 5.74) is 2.62. The molecule has 1 aromatic carbocycles. The monoisotopic (exact) mass is 260 g/mol. The highest BCUT2D eigenvalue weighted by atomic mass is 16.5. The summed E-state index contributed by atoms with van der Waals surface area (Å²) in [6.45, 7) is 8.86. The largest absolute Gasteiger partial charge is 0.493 e. The van der Waals surface area contributed by atoms with Crippen LogP contribution < -0.4 is 10.1 Å². The molecule has 3 heteroatoms. The number of anilines is 1. The van der Waals surface area contributed by atoms with E-state index in [9.17, 15) is 0 Å². The molecule has 2 aliphatic heterocycles. The number of hydrogen-bond acceptors (Lipinski definition) is 3. The average molecular weight is 260 g/mol. The first-order valence-corrected chi connectivity index (χ1v) is 7.46. The Hall–Kier alpha value is -1.22. The van der Waals surface area contributed by atoms with Crippen LogP contribution in [0.15, 0.2) is 18.2 Å². The molecule has 3 rings (SSSR count). The zero-order chi connectivity index (χ0) is 13.2. The number of ether oxygens (including phenoxy) is 1. The Morgan fingerprint density at radius 1 is 1.42 bits per heavy atom. The van der Waals surface area contributed by atoms with E-state index < -0.39 is 0 Å². The number of hydrogen-bond donors (Lipinski definition) is 1. The lowest BCUT2D eigenvalue weighted by atomic mass is 10.1. The van der Waals surface area contributed by atoms with Crippen LogP contribution in [0.1, 0.15) is 25.8 Å². The molecule has 1 saturated heterocycles. The summed E-state index contributed by atoms with van der Waals surface area (Å²) in [6, 6.07) is 7.00. The van der Waals surface area contributed by atoms with Gasteiger partial charge in [0, 0.05) is 36.3 Å². The Morgan fingerprint density at radius 2 is 2.32 bits per heavy atom. The maximum absolute atomic E-state index is 6.09. The molecule has 0 spiro atoms. The molecule has 1 N–H and O–H groups in total. The van der Waals surface area contributed by atoms with E-state index in [1.54, 1.807) is 0 Å². The molecular weight excluding hydrogens is 236 g/mol. The van der Waals surface area contributed by atoms with Crippen molar-refractivity contribution in [2.45, 2.75) is 32.7 Å².